The van der Waals surface area contributed by atoms with Gasteiger partial charge in [-0.3, -0.25) is 5.41 Å². The minimum atomic E-state index is 0.0875. The fourth-order valence-corrected chi connectivity index (χ4v) is 4.75. The second kappa shape index (κ2) is 8.57. The molecule has 0 fully saturated rings. The molecule has 0 radical (unpaired) electrons. The zero-order chi connectivity index (χ0) is 18.7. The second-order valence-corrected chi connectivity index (χ2v) is 9.16. The molecule has 134 valence electrons. The number of hydrogen-bond donors (Lipinski definition) is 2. The van der Waals surface area contributed by atoms with E-state index in [0.29, 0.717) is 16.0 Å². The molecule has 0 bridgehead atoms. The van der Waals surface area contributed by atoms with Crippen molar-refractivity contribution < 1.29 is 0 Å². The number of thiophene rings is 1. The van der Waals surface area contributed by atoms with Crippen molar-refractivity contribution >= 4 is 56.3 Å². The number of halogens is 3. The normalized spacial score (nSPS) is 12.1. The van der Waals surface area contributed by atoms with Crippen LogP contribution < -0.4 is 5.73 Å². The van der Waals surface area contributed by atoms with E-state index < -0.39 is 0 Å². The Balaban J connectivity index is 1.87. The molecule has 0 saturated heterocycles. The molecule has 0 saturated carbocycles. The van der Waals surface area contributed by atoms with Crippen molar-refractivity contribution in [2.45, 2.75) is 18.8 Å². The first-order chi connectivity index (χ1) is 12.4. The third-order valence-electron chi connectivity index (χ3n) is 4.30. The van der Waals surface area contributed by atoms with Crippen LogP contribution >= 0.6 is 50.5 Å². The molecule has 2 nitrogen and oxygen atoms in total. The summed E-state index contributed by atoms with van der Waals surface area (Å²) in [6.07, 6.45) is 1.74. The largest absolute Gasteiger partial charge is 0.384 e. The Bertz CT molecular complexity index is 922. The van der Waals surface area contributed by atoms with Gasteiger partial charge in [0.2, 0.25) is 0 Å². The molecule has 1 aromatic heterocycles. The molecule has 1 unspecified atom stereocenters. The average molecular weight is 468 g/mol. The smallest absolute Gasteiger partial charge is 0.122 e. The van der Waals surface area contributed by atoms with Gasteiger partial charge in [0, 0.05) is 5.56 Å². The second-order valence-electron chi connectivity index (χ2n) is 6.11. The summed E-state index contributed by atoms with van der Waals surface area (Å²) in [5, 5.41) is 10.8. The molecular weight excluding hydrogens is 451 g/mol. The lowest BCUT2D eigenvalue weighted by molar-refractivity contribution is 0.680. The molecular formula is C20H17BrCl2N2S. The van der Waals surface area contributed by atoms with E-state index in [2.05, 4.69) is 27.4 Å². The van der Waals surface area contributed by atoms with Crippen LogP contribution in [0, 0.1) is 5.41 Å². The standard InChI is InChI=1S/C20H17BrCl2N2S/c21-19-16(7-8-26-19)15(10-13-3-6-17(22)18(23)11-13)9-12-1-4-14(5-2-12)20(24)25/h1-8,11,15H,9-10H2,(H3,24,25). The van der Waals surface area contributed by atoms with Crippen molar-refractivity contribution in [2.24, 2.45) is 5.73 Å². The van der Waals surface area contributed by atoms with Crippen molar-refractivity contribution in [3.05, 3.63) is 90.0 Å². The van der Waals surface area contributed by atoms with Crippen LogP contribution in [0.4, 0.5) is 0 Å². The topological polar surface area (TPSA) is 49.9 Å². The zero-order valence-corrected chi connectivity index (χ0v) is 17.7. The molecule has 1 heterocycles. The quantitative estimate of drug-likeness (QED) is 0.308. The first kappa shape index (κ1) is 19.4. The molecule has 2 aromatic carbocycles. The lowest BCUT2D eigenvalue weighted by Gasteiger charge is -2.18. The summed E-state index contributed by atoms with van der Waals surface area (Å²) in [7, 11) is 0. The molecule has 26 heavy (non-hydrogen) atoms. The number of amidine groups is 1. The van der Waals surface area contributed by atoms with Crippen LogP contribution in [0.25, 0.3) is 0 Å². The van der Waals surface area contributed by atoms with Crippen molar-refractivity contribution in [1.82, 2.24) is 0 Å². The van der Waals surface area contributed by atoms with Gasteiger partial charge in [-0.1, -0.05) is 53.5 Å². The van der Waals surface area contributed by atoms with E-state index in [1.54, 1.807) is 11.3 Å². The highest BCUT2D eigenvalue weighted by molar-refractivity contribution is 9.11. The maximum atomic E-state index is 7.52. The van der Waals surface area contributed by atoms with E-state index in [0.717, 1.165) is 27.8 Å². The van der Waals surface area contributed by atoms with Crippen LogP contribution in [0.3, 0.4) is 0 Å². The van der Waals surface area contributed by atoms with Gasteiger partial charge in [0.1, 0.15) is 5.84 Å². The SMILES string of the molecule is N=C(N)c1ccc(CC(Cc2ccc(Cl)c(Cl)c2)c2ccsc2Br)cc1. The van der Waals surface area contributed by atoms with Crippen LogP contribution in [-0.4, -0.2) is 5.84 Å². The Morgan fingerprint density at radius 1 is 1.00 bits per heavy atom. The molecule has 1 atom stereocenters. The van der Waals surface area contributed by atoms with Gasteiger partial charge < -0.3 is 5.73 Å². The average Bonchev–Trinajstić information content (AvgIpc) is 3.04. The molecule has 0 spiro atoms. The molecule has 0 amide bonds. The third-order valence-corrected chi connectivity index (χ3v) is 6.77. The highest BCUT2D eigenvalue weighted by Gasteiger charge is 2.18. The van der Waals surface area contributed by atoms with Gasteiger partial charge in [0.25, 0.3) is 0 Å². The lowest BCUT2D eigenvalue weighted by Crippen LogP contribution is -2.11. The van der Waals surface area contributed by atoms with Gasteiger partial charge in [-0.2, -0.15) is 0 Å². The minimum Gasteiger partial charge on any atom is -0.384 e. The maximum absolute atomic E-state index is 7.52. The van der Waals surface area contributed by atoms with E-state index in [4.69, 9.17) is 34.3 Å². The van der Waals surface area contributed by atoms with E-state index in [-0.39, 0.29) is 5.84 Å². The third kappa shape index (κ3) is 4.68. The zero-order valence-electron chi connectivity index (χ0n) is 13.8. The summed E-state index contributed by atoms with van der Waals surface area (Å²) in [5.41, 5.74) is 9.94. The first-order valence-electron chi connectivity index (χ1n) is 8.04. The number of nitrogens with two attached hydrogens (primary N) is 1. The molecule has 3 aromatic rings. The predicted molar refractivity (Wildman–Crippen MR) is 116 cm³/mol. The summed E-state index contributed by atoms with van der Waals surface area (Å²) in [6.45, 7) is 0. The summed E-state index contributed by atoms with van der Waals surface area (Å²) in [4.78, 5) is 0. The van der Waals surface area contributed by atoms with Gasteiger partial charge in [0.15, 0.2) is 0 Å². The Labute approximate surface area is 175 Å². The van der Waals surface area contributed by atoms with E-state index in [1.165, 1.54) is 11.1 Å². The minimum absolute atomic E-state index is 0.0875. The van der Waals surface area contributed by atoms with Crippen LogP contribution in [0.2, 0.25) is 10.0 Å². The van der Waals surface area contributed by atoms with Gasteiger partial charge in [-0.25, -0.2) is 0 Å². The summed E-state index contributed by atoms with van der Waals surface area (Å²) in [6, 6.07) is 15.9. The van der Waals surface area contributed by atoms with Crippen molar-refractivity contribution in [1.29, 1.82) is 5.41 Å². The molecule has 3 N–H and O–H groups in total. The maximum Gasteiger partial charge on any atom is 0.122 e. The van der Waals surface area contributed by atoms with Gasteiger partial charge in [-0.05, 0) is 75.0 Å². The molecule has 0 aliphatic carbocycles. The van der Waals surface area contributed by atoms with E-state index >= 15 is 0 Å². The van der Waals surface area contributed by atoms with Gasteiger partial charge >= 0.3 is 0 Å². The van der Waals surface area contributed by atoms with Crippen molar-refractivity contribution in [3.63, 3.8) is 0 Å². The van der Waals surface area contributed by atoms with Crippen LogP contribution in [-0.2, 0) is 12.8 Å². The summed E-state index contributed by atoms with van der Waals surface area (Å²) in [5.74, 6) is 0.389. The van der Waals surface area contributed by atoms with Crippen LogP contribution in [0.15, 0.2) is 57.7 Å². The predicted octanol–water partition coefficient (Wildman–Crippen LogP) is 6.67. The molecule has 3 rings (SSSR count). The fraction of sp³-hybridized carbons (Fsp3) is 0.150. The summed E-state index contributed by atoms with van der Waals surface area (Å²) >= 11 is 17.6. The van der Waals surface area contributed by atoms with Gasteiger partial charge in [-0.15, -0.1) is 11.3 Å². The summed E-state index contributed by atoms with van der Waals surface area (Å²) < 4.78 is 1.16. The Hall–Kier alpha value is -1.33. The Morgan fingerprint density at radius 3 is 2.23 bits per heavy atom. The van der Waals surface area contributed by atoms with E-state index in [1.807, 2.05) is 42.5 Å². The van der Waals surface area contributed by atoms with Crippen molar-refractivity contribution in [3.8, 4) is 0 Å². The molecule has 0 aliphatic heterocycles. The Morgan fingerprint density at radius 2 is 1.65 bits per heavy atom. The highest BCUT2D eigenvalue weighted by Crippen LogP contribution is 2.35. The number of rotatable bonds is 6. The monoisotopic (exact) mass is 466 g/mol. The van der Waals surface area contributed by atoms with E-state index in [9.17, 15) is 0 Å². The molecule has 0 aliphatic rings. The molecule has 6 heteroatoms. The lowest BCUT2D eigenvalue weighted by atomic mass is 9.88. The van der Waals surface area contributed by atoms with Crippen LogP contribution in [0.5, 0.6) is 0 Å². The number of hydrogen-bond acceptors (Lipinski definition) is 2. The van der Waals surface area contributed by atoms with Crippen LogP contribution in [0.1, 0.15) is 28.2 Å². The first-order valence-corrected chi connectivity index (χ1v) is 10.5. The number of nitrogen functional groups attached to an aromatic ring is 1. The Kier molecular flexibility index (Phi) is 6.41. The van der Waals surface area contributed by atoms with Gasteiger partial charge in [0.05, 0.1) is 13.8 Å². The fourth-order valence-electron chi connectivity index (χ4n) is 2.95. The van der Waals surface area contributed by atoms with Crippen molar-refractivity contribution in [2.75, 3.05) is 0 Å². The number of benzene rings is 2. The number of nitrogens with one attached hydrogen (secondary N) is 1. The highest BCUT2D eigenvalue weighted by atomic mass is 79.9.